The van der Waals surface area contributed by atoms with Crippen molar-refractivity contribution in [3.8, 4) is 0 Å². The van der Waals surface area contributed by atoms with Crippen molar-refractivity contribution < 1.29 is 36.6 Å². The molecule has 0 spiro atoms. The molecule has 2 aliphatic rings. The fourth-order valence-electron chi connectivity index (χ4n) is 5.52. The number of aliphatic hydroxyl groups is 1. The van der Waals surface area contributed by atoms with Gasteiger partial charge in [0.15, 0.2) is 23.3 Å². The molecule has 0 unspecified atom stereocenters. The summed E-state index contributed by atoms with van der Waals surface area (Å²) < 4.78 is 78.0. The van der Waals surface area contributed by atoms with Crippen molar-refractivity contribution >= 4 is 5.97 Å². The van der Waals surface area contributed by atoms with E-state index in [1.165, 1.54) is 27.7 Å². The Morgan fingerprint density at radius 2 is 1.39 bits per heavy atom. The summed E-state index contributed by atoms with van der Waals surface area (Å²) >= 11 is 0. The van der Waals surface area contributed by atoms with E-state index in [2.05, 4.69) is 0 Å². The third-order valence-electron chi connectivity index (χ3n) is 8.74. The molecule has 0 aliphatic heterocycles. The number of hydrogen-bond donors (Lipinski definition) is 1. The summed E-state index contributed by atoms with van der Waals surface area (Å²) in [6.45, 7) is 11.0. The first-order chi connectivity index (χ1) is 13.9. The van der Waals surface area contributed by atoms with Crippen molar-refractivity contribution in [3.05, 3.63) is 34.6 Å². The number of esters is 1. The van der Waals surface area contributed by atoms with Crippen molar-refractivity contribution in [2.75, 3.05) is 0 Å². The molecule has 1 N–H and O–H groups in total. The monoisotopic (exact) mass is 448 g/mol. The molecule has 2 saturated carbocycles. The molecule has 0 saturated heterocycles. The lowest BCUT2D eigenvalue weighted by atomic mass is 9.55. The van der Waals surface area contributed by atoms with Crippen LogP contribution in [0.2, 0.25) is 0 Å². The number of fused-ring (bicyclic) bond motifs is 2. The highest BCUT2D eigenvalue weighted by molar-refractivity contribution is 5.86. The van der Waals surface area contributed by atoms with Crippen molar-refractivity contribution in [2.45, 2.75) is 84.3 Å². The van der Waals surface area contributed by atoms with Gasteiger partial charge in [0.25, 0.3) is 0 Å². The summed E-state index contributed by atoms with van der Waals surface area (Å²) in [6, 6.07) is 0. The van der Waals surface area contributed by atoms with Gasteiger partial charge in [-0.05, 0) is 63.7 Å². The van der Waals surface area contributed by atoms with Gasteiger partial charge in [-0.25, -0.2) is 22.0 Å². The molecule has 1 aromatic carbocycles. The van der Waals surface area contributed by atoms with Gasteiger partial charge in [0.2, 0.25) is 5.82 Å². The highest BCUT2D eigenvalue weighted by Gasteiger charge is 2.74. The van der Waals surface area contributed by atoms with E-state index >= 15 is 8.78 Å². The van der Waals surface area contributed by atoms with E-state index in [1.807, 2.05) is 13.8 Å². The Labute approximate surface area is 179 Å². The van der Waals surface area contributed by atoms with Crippen LogP contribution in [0.1, 0.15) is 73.3 Å². The first kappa shape index (κ1) is 24.0. The van der Waals surface area contributed by atoms with E-state index in [1.54, 1.807) is 6.92 Å². The van der Waals surface area contributed by atoms with Gasteiger partial charge in [-0.1, -0.05) is 20.8 Å². The minimum absolute atomic E-state index is 0.115. The molecular formula is C23H29F5O3. The van der Waals surface area contributed by atoms with E-state index in [4.69, 9.17) is 4.74 Å². The smallest absolute Gasteiger partial charge is 0.318 e. The zero-order valence-corrected chi connectivity index (χ0v) is 18.9. The highest BCUT2D eigenvalue weighted by atomic mass is 19.2. The van der Waals surface area contributed by atoms with Crippen LogP contribution in [-0.2, 0) is 14.9 Å². The molecule has 2 aliphatic carbocycles. The third-order valence-corrected chi connectivity index (χ3v) is 8.74. The molecule has 3 nitrogen and oxygen atoms in total. The number of rotatable bonds is 4. The van der Waals surface area contributed by atoms with Gasteiger partial charge in [-0.2, -0.15) is 0 Å². The Bertz CT molecular complexity index is 921. The van der Waals surface area contributed by atoms with E-state index in [0.29, 0.717) is 12.8 Å². The second-order valence-electron chi connectivity index (χ2n) is 10.8. The largest absolute Gasteiger partial charge is 0.456 e. The molecule has 8 heteroatoms. The minimum atomic E-state index is -2.27. The van der Waals surface area contributed by atoms with Crippen LogP contribution in [0.15, 0.2) is 0 Å². The maximum Gasteiger partial charge on any atom is 0.318 e. The second-order valence-corrected chi connectivity index (χ2v) is 10.8. The molecule has 0 aromatic heterocycles. The maximum atomic E-state index is 15.1. The predicted octanol–water partition coefficient (Wildman–Crippen LogP) is 5.56. The van der Waals surface area contributed by atoms with E-state index < -0.39 is 68.1 Å². The maximum absolute atomic E-state index is 15.1. The minimum Gasteiger partial charge on any atom is -0.456 e. The second kappa shape index (κ2) is 6.65. The molecular weight excluding hydrogens is 419 g/mol. The van der Waals surface area contributed by atoms with Crippen LogP contribution in [-0.4, -0.2) is 22.3 Å². The van der Waals surface area contributed by atoms with E-state index in [9.17, 15) is 23.1 Å². The first-order valence-electron chi connectivity index (χ1n) is 10.3. The number of carbonyl (C=O) groups excluding carboxylic acids is 1. The van der Waals surface area contributed by atoms with Crippen LogP contribution in [0.5, 0.6) is 0 Å². The lowest BCUT2D eigenvalue weighted by Crippen LogP contribution is -2.57. The number of ether oxygens (including phenoxy) is 1. The van der Waals surface area contributed by atoms with Gasteiger partial charge in [0, 0.05) is 5.56 Å². The topological polar surface area (TPSA) is 46.5 Å². The average molecular weight is 448 g/mol. The highest BCUT2D eigenvalue weighted by Crippen LogP contribution is 2.74. The van der Waals surface area contributed by atoms with Gasteiger partial charge in [-0.15, -0.1) is 0 Å². The van der Waals surface area contributed by atoms with Crippen LogP contribution in [0.4, 0.5) is 22.0 Å². The molecule has 0 heterocycles. The normalized spacial score (nSPS) is 30.0. The van der Waals surface area contributed by atoms with Crippen LogP contribution >= 0.6 is 0 Å². The van der Waals surface area contributed by atoms with Crippen molar-refractivity contribution in [1.82, 2.24) is 0 Å². The lowest BCUT2D eigenvalue weighted by Gasteiger charge is -2.49. The fraction of sp³-hybridized carbons (Fsp3) is 0.696. The Morgan fingerprint density at radius 3 is 1.74 bits per heavy atom. The molecule has 0 amide bonds. The summed E-state index contributed by atoms with van der Waals surface area (Å²) in [7, 11) is 0. The zero-order chi connectivity index (χ0) is 23.9. The molecule has 174 valence electrons. The van der Waals surface area contributed by atoms with Crippen LogP contribution in [0, 0.1) is 45.8 Å². The van der Waals surface area contributed by atoms with Gasteiger partial charge >= 0.3 is 5.97 Å². The number of hydrogen-bond acceptors (Lipinski definition) is 3. The third kappa shape index (κ3) is 2.82. The number of benzene rings is 1. The van der Waals surface area contributed by atoms with Crippen molar-refractivity contribution in [2.24, 2.45) is 16.7 Å². The number of halogens is 5. The summed E-state index contributed by atoms with van der Waals surface area (Å²) in [5.74, 6) is -11.8. The van der Waals surface area contributed by atoms with E-state index in [0.717, 1.165) is 0 Å². The first-order valence-corrected chi connectivity index (χ1v) is 10.3. The van der Waals surface area contributed by atoms with Gasteiger partial charge in [-0.3, -0.25) is 4.79 Å². The Kier molecular flexibility index (Phi) is 5.14. The molecule has 2 fully saturated rings. The van der Waals surface area contributed by atoms with Crippen LogP contribution in [0.25, 0.3) is 0 Å². The van der Waals surface area contributed by atoms with Gasteiger partial charge < -0.3 is 9.84 Å². The zero-order valence-electron chi connectivity index (χ0n) is 18.9. The van der Waals surface area contributed by atoms with E-state index in [-0.39, 0.29) is 12.3 Å². The quantitative estimate of drug-likeness (QED) is 0.284. The molecule has 31 heavy (non-hydrogen) atoms. The molecule has 3 rings (SSSR count). The molecule has 0 radical (unpaired) electrons. The lowest BCUT2D eigenvalue weighted by molar-refractivity contribution is -0.193. The molecule has 1 aromatic rings. The van der Waals surface area contributed by atoms with Gasteiger partial charge in [0.1, 0.15) is 11.0 Å². The standard InChI is InChI=1S/C23H29F5O3/c1-19(2)11-8-9-22(19,7)23(10-11,18(29)31-21(5,6)20(3,4)30)12-13(24)15(26)17(28)16(27)14(12)25/h11,30H,8-10H2,1-7H3/t11-,22+,23+/m1/s1. The predicted molar refractivity (Wildman–Crippen MR) is 104 cm³/mol. The van der Waals surface area contributed by atoms with Crippen molar-refractivity contribution in [3.63, 3.8) is 0 Å². The summed E-state index contributed by atoms with van der Waals surface area (Å²) in [4.78, 5) is 13.7. The van der Waals surface area contributed by atoms with Crippen molar-refractivity contribution in [1.29, 1.82) is 0 Å². The summed E-state index contributed by atoms with van der Waals surface area (Å²) in [5, 5.41) is 10.4. The SMILES string of the molecule is CC(C)(O)C(C)(C)OC(=O)[C@@]1(c2c(F)c(F)c(F)c(F)c2F)C[C@H]2CC[C@@]1(C)C2(C)C. The van der Waals surface area contributed by atoms with Gasteiger partial charge in [0.05, 0.1) is 5.60 Å². The van der Waals surface area contributed by atoms with Crippen LogP contribution in [0.3, 0.4) is 0 Å². The number of carbonyl (C=O) groups is 1. The summed E-state index contributed by atoms with van der Waals surface area (Å²) in [5.41, 5.74) is -8.05. The average Bonchev–Trinajstić information content (AvgIpc) is 2.96. The van der Waals surface area contributed by atoms with Crippen LogP contribution < -0.4 is 0 Å². The summed E-state index contributed by atoms with van der Waals surface area (Å²) in [6.07, 6.45) is 0.890. The Balaban J connectivity index is 2.35. The Morgan fingerprint density at radius 1 is 0.935 bits per heavy atom. The Hall–Kier alpha value is -1.70. The molecule has 2 bridgehead atoms. The fourth-order valence-corrected chi connectivity index (χ4v) is 5.52. The molecule has 3 atom stereocenters.